The molecule has 2 aromatic carbocycles. The van der Waals surface area contributed by atoms with E-state index in [2.05, 4.69) is 40.2 Å². The van der Waals surface area contributed by atoms with Crippen molar-refractivity contribution in [1.82, 2.24) is 24.6 Å². The molecule has 0 unspecified atom stereocenters. The summed E-state index contributed by atoms with van der Waals surface area (Å²) in [4.78, 5) is 4.94. The molecule has 1 aliphatic rings. The molecule has 0 amide bonds. The lowest BCUT2D eigenvalue weighted by Crippen LogP contribution is -2.37. The van der Waals surface area contributed by atoms with E-state index in [1.807, 2.05) is 48.4 Å². The number of pyridine rings is 1. The van der Waals surface area contributed by atoms with E-state index in [9.17, 15) is 9.65 Å². The second-order valence-corrected chi connectivity index (χ2v) is 10.1. The lowest BCUT2D eigenvalue weighted by Gasteiger charge is -2.34. The van der Waals surface area contributed by atoms with Gasteiger partial charge in [0.2, 0.25) is 0 Å². The van der Waals surface area contributed by atoms with Crippen LogP contribution in [0.25, 0.3) is 44.2 Å². The van der Waals surface area contributed by atoms with Gasteiger partial charge in [0.25, 0.3) is 0 Å². The Labute approximate surface area is 209 Å². The Morgan fingerprint density at radius 3 is 2.64 bits per heavy atom. The Bertz CT molecular complexity index is 1650. The minimum Gasteiger partial charge on any atom is -0.346 e. The van der Waals surface area contributed by atoms with Crippen molar-refractivity contribution in [3.05, 3.63) is 72.4 Å². The maximum Gasteiger partial charge on any atom is 0.141 e. The minimum absolute atomic E-state index is 0.0358. The zero-order valence-corrected chi connectivity index (χ0v) is 20.4. The summed E-state index contributed by atoms with van der Waals surface area (Å²) in [7, 11) is 1.92. The van der Waals surface area contributed by atoms with Crippen LogP contribution in [-0.2, 0) is 13.6 Å². The zero-order valence-electron chi connectivity index (χ0n) is 20.4. The molecule has 1 aliphatic heterocycles. The number of fused-ring (bicyclic) bond motifs is 2. The van der Waals surface area contributed by atoms with Crippen molar-refractivity contribution in [3.8, 4) is 28.5 Å². The van der Waals surface area contributed by atoms with Gasteiger partial charge in [-0.05, 0) is 67.2 Å². The third kappa shape index (κ3) is 3.75. The van der Waals surface area contributed by atoms with E-state index in [1.54, 1.807) is 6.07 Å². The zero-order chi connectivity index (χ0) is 24.9. The van der Waals surface area contributed by atoms with Gasteiger partial charge in [-0.2, -0.15) is 10.4 Å². The first-order valence-electron chi connectivity index (χ1n) is 12.3. The fourth-order valence-corrected chi connectivity index (χ4v) is 5.48. The maximum atomic E-state index is 14.8. The van der Waals surface area contributed by atoms with E-state index >= 15 is 0 Å². The number of halogens is 1. The van der Waals surface area contributed by atoms with Gasteiger partial charge in [0.05, 0.1) is 34.7 Å². The van der Waals surface area contributed by atoms with E-state index in [0.29, 0.717) is 5.56 Å². The molecule has 0 spiro atoms. The standard InChI is InChI=1S/C29H27FN6/c1-29(8-10-32-11-9-29)18-36-12-7-23-26(36)17-33-28(20-5-6-25-22(13-20)16-34-35(25)2)27(23)19-3-4-21(15-31)24(30)14-19/h3-7,12-14,16-17,32H,8-11,18H2,1-2H3. The Kier molecular flexibility index (Phi) is 5.35. The van der Waals surface area contributed by atoms with Crippen molar-refractivity contribution >= 4 is 21.8 Å². The molecule has 4 heterocycles. The van der Waals surface area contributed by atoms with Crippen molar-refractivity contribution in [2.24, 2.45) is 12.5 Å². The monoisotopic (exact) mass is 478 g/mol. The average molecular weight is 479 g/mol. The molecule has 1 N–H and O–H groups in total. The molecule has 7 heteroatoms. The molecule has 0 saturated carbocycles. The molecule has 0 radical (unpaired) electrons. The largest absolute Gasteiger partial charge is 0.346 e. The summed E-state index contributed by atoms with van der Waals surface area (Å²) in [5.74, 6) is -0.526. The molecule has 1 fully saturated rings. The van der Waals surface area contributed by atoms with Crippen molar-refractivity contribution in [2.75, 3.05) is 13.1 Å². The number of hydrogen-bond donors (Lipinski definition) is 1. The van der Waals surface area contributed by atoms with Crippen LogP contribution in [0.4, 0.5) is 4.39 Å². The van der Waals surface area contributed by atoms with Crippen molar-refractivity contribution < 1.29 is 4.39 Å². The number of aromatic nitrogens is 4. The summed E-state index contributed by atoms with van der Waals surface area (Å²) in [6.07, 6.45) is 8.14. The van der Waals surface area contributed by atoms with Gasteiger partial charge >= 0.3 is 0 Å². The highest BCUT2D eigenvalue weighted by atomic mass is 19.1. The van der Waals surface area contributed by atoms with Gasteiger partial charge < -0.3 is 9.88 Å². The topological polar surface area (TPSA) is 71.5 Å². The SMILES string of the molecule is Cn1ncc2cc(-c3ncc4c(ccn4CC4(C)CCNCC4)c3-c3ccc(C#N)c(F)c3)ccc21. The Morgan fingerprint density at radius 1 is 1.06 bits per heavy atom. The Hall–Kier alpha value is -4.02. The lowest BCUT2D eigenvalue weighted by molar-refractivity contribution is 0.197. The molecule has 180 valence electrons. The summed E-state index contributed by atoms with van der Waals surface area (Å²) in [5, 5.41) is 19.1. The molecule has 6 rings (SSSR count). The minimum atomic E-state index is -0.526. The maximum absolute atomic E-state index is 14.8. The third-order valence-corrected chi connectivity index (χ3v) is 7.59. The summed E-state index contributed by atoms with van der Waals surface area (Å²) in [6.45, 7) is 5.32. The smallest absolute Gasteiger partial charge is 0.141 e. The van der Waals surface area contributed by atoms with E-state index < -0.39 is 5.82 Å². The van der Waals surface area contributed by atoms with Gasteiger partial charge in [0.1, 0.15) is 11.9 Å². The van der Waals surface area contributed by atoms with Crippen LogP contribution < -0.4 is 5.32 Å². The molecule has 6 nitrogen and oxygen atoms in total. The predicted molar refractivity (Wildman–Crippen MR) is 140 cm³/mol. The van der Waals surface area contributed by atoms with Crippen LogP contribution in [0.2, 0.25) is 0 Å². The van der Waals surface area contributed by atoms with Crippen molar-refractivity contribution in [3.63, 3.8) is 0 Å². The van der Waals surface area contributed by atoms with Crippen LogP contribution in [-0.4, -0.2) is 32.4 Å². The average Bonchev–Trinajstić information content (AvgIpc) is 3.46. The predicted octanol–water partition coefficient (Wildman–Crippen LogP) is 5.66. The van der Waals surface area contributed by atoms with Crippen LogP contribution in [0, 0.1) is 22.6 Å². The highest BCUT2D eigenvalue weighted by Gasteiger charge is 2.28. The summed E-state index contributed by atoms with van der Waals surface area (Å²) in [6, 6.07) is 15.0. The molecular weight excluding hydrogens is 451 g/mol. The number of nitrogens with one attached hydrogen (secondary N) is 1. The molecule has 0 aliphatic carbocycles. The number of rotatable bonds is 4. The quantitative estimate of drug-likeness (QED) is 0.362. The van der Waals surface area contributed by atoms with Gasteiger partial charge in [-0.25, -0.2) is 4.39 Å². The van der Waals surface area contributed by atoms with Crippen LogP contribution in [0.1, 0.15) is 25.3 Å². The number of nitrogens with zero attached hydrogens (tertiary/aromatic N) is 5. The second kappa shape index (κ2) is 8.58. The first-order chi connectivity index (χ1) is 17.5. The second-order valence-electron chi connectivity index (χ2n) is 10.1. The van der Waals surface area contributed by atoms with Gasteiger partial charge in [-0.15, -0.1) is 0 Å². The van der Waals surface area contributed by atoms with Crippen LogP contribution >= 0.6 is 0 Å². The van der Waals surface area contributed by atoms with Crippen LogP contribution in [0.3, 0.4) is 0 Å². The van der Waals surface area contributed by atoms with E-state index in [0.717, 1.165) is 71.1 Å². The fraction of sp³-hybridized carbons (Fsp3) is 0.276. The Balaban J connectivity index is 1.55. The number of aryl methyl sites for hydroxylation is 1. The first kappa shape index (κ1) is 22.4. The summed E-state index contributed by atoms with van der Waals surface area (Å²) >= 11 is 0. The van der Waals surface area contributed by atoms with Gasteiger partial charge in [-0.1, -0.05) is 19.1 Å². The lowest BCUT2D eigenvalue weighted by atomic mass is 9.81. The van der Waals surface area contributed by atoms with Gasteiger partial charge in [0.15, 0.2) is 0 Å². The normalized spacial score (nSPS) is 15.4. The van der Waals surface area contributed by atoms with Gasteiger partial charge in [-0.3, -0.25) is 9.67 Å². The molecule has 36 heavy (non-hydrogen) atoms. The molecule has 0 atom stereocenters. The summed E-state index contributed by atoms with van der Waals surface area (Å²) < 4.78 is 18.9. The van der Waals surface area contributed by atoms with Crippen molar-refractivity contribution in [2.45, 2.75) is 26.3 Å². The van der Waals surface area contributed by atoms with E-state index in [-0.39, 0.29) is 11.0 Å². The fourth-order valence-electron chi connectivity index (χ4n) is 5.48. The molecule has 5 aromatic rings. The van der Waals surface area contributed by atoms with Crippen LogP contribution in [0.15, 0.2) is 61.1 Å². The number of piperidine rings is 1. The van der Waals surface area contributed by atoms with Crippen molar-refractivity contribution in [1.29, 1.82) is 5.26 Å². The molecular formula is C29H27FN6. The number of benzene rings is 2. The highest BCUT2D eigenvalue weighted by Crippen LogP contribution is 2.39. The summed E-state index contributed by atoms with van der Waals surface area (Å²) in [5.41, 5.74) is 5.60. The molecule has 3 aromatic heterocycles. The first-order valence-corrected chi connectivity index (χ1v) is 12.3. The Morgan fingerprint density at radius 2 is 1.86 bits per heavy atom. The highest BCUT2D eigenvalue weighted by molar-refractivity contribution is 6.02. The number of nitriles is 1. The van der Waals surface area contributed by atoms with E-state index in [1.165, 1.54) is 6.07 Å². The molecule has 1 saturated heterocycles. The van der Waals surface area contributed by atoms with E-state index in [4.69, 9.17) is 4.98 Å². The third-order valence-electron chi connectivity index (χ3n) is 7.59. The number of hydrogen-bond acceptors (Lipinski definition) is 4. The van der Waals surface area contributed by atoms with Crippen LogP contribution in [0.5, 0.6) is 0 Å². The molecule has 0 bridgehead atoms. The van der Waals surface area contributed by atoms with Gasteiger partial charge in [0, 0.05) is 41.7 Å².